The van der Waals surface area contributed by atoms with Crippen LogP contribution in [0.4, 0.5) is 13.2 Å². The Morgan fingerprint density at radius 1 is 1.28 bits per heavy atom. The Hall–Kier alpha value is -2.13. The van der Waals surface area contributed by atoms with Gasteiger partial charge in [0.2, 0.25) is 0 Å². The molecule has 1 aliphatic rings. The monoisotopic (exact) mass is 438 g/mol. The van der Waals surface area contributed by atoms with E-state index in [9.17, 15) is 22.8 Å². The lowest BCUT2D eigenvalue weighted by Crippen LogP contribution is -2.23. The molecule has 0 atom stereocenters. The summed E-state index contributed by atoms with van der Waals surface area (Å²) in [7, 11) is 0. The van der Waals surface area contributed by atoms with Gasteiger partial charge in [-0.25, -0.2) is 4.98 Å². The van der Waals surface area contributed by atoms with Crippen molar-refractivity contribution < 1.29 is 18.0 Å². The highest BCUT2D eigenvalue weighted by atomic mass is 32.2. The first-order valence-corrected chi connectivity index (χ1v) is 10.9. The van der Waals surface area contributed by atoms with Crippen LogP contribution in [0.15, 0.2) is 34.2 Å². The summed E-state index contributed by atoms with van der Waals surface area (Å²) in [4.78, 5) is 31.2. The predicted octanol–water partition coefficient (Wildman–Crippen LogP) is 5.03. The highest BCUT2D eigenvalue weighted by Crippen LogP contribution is 2.36. The lowest BCUT2D eigenvalue weighted by molar-refractivity contribution is -0.137. The van der Waals surface area contributed by atoms with E-state index in [0.717, 1.165) is 60.0 Å². The van der Waals surface area contributed by atoms with E-state index in [0.29, 0.717) is 10.2 Å². The summed E-state index contributed by atoms with van der Waals surface area (Å²) in [5, 5.41) is 0.727. The highest BCUT2D eigenvalue weighted by molar-refractivity contribution is 7.99. The Labute approximate surface area is 172 Å². The van der Waals surface area contributed by atoms with Gasteiger partial charge in [0.05, 0.1) is 22.4 Å². The number of alkyl halides is 3. The summed E-state index contributed by atoms with van der Waals surface area (Å²) in [5.41, 5.74) is -0.143. The average Bonchev–Trinajstić information content (AvgIpc) is 3.04. The fourth-order valence-corrected chi connectivity index (χ4v) is 5.61. The summed E-state index contributed by atoms with van der Waals surface area (Å²) in [6.45, 7) is 1.42. The third kappa shape index (κ3) is 3.85. The standard InChI is InChI=1S/C20H17F3N2O2S2/c1-11(26)10-28-19-24-17-16(14-7-2-3-8-15(14)29-17)18(27)25(19)13-6-4-5-12(9-13)20(21,22)23/h4-6,9H,2-3,7-8,10H2,1H3. The number of hydrogen-bond acceptors (Lipinski definition) is 5. The van der Waals surface area contributed by atoms with Crippen LogP contribution < -0.4 is 5.56 Å². The summed E-state index contributed by atoms with van der Waals surface area (Å²) >= 11 is 2.54. The van der Waals surface area contributed by atoms with E-state index in [1.54, 1.807) is 0 Å². The van der Waals surface area contributed by atoms with Crippen molar-refractivity contribution in [3.63, 3.8) is 0 Å². The predicted molar refractivity (Wildman–Crippen MR) is 108 cm³/mol. The topological polar surface area (TPSA) is 52.0 Å². The Kier molecular flexibility index (Phi) is 5.29. The van der Waals surface area contributed by atoms with Gasteiger partial charge < -0.3 is 0 Å². The van der Waals surface area contributed by atoms with Gasteiger partial charge in [-0.3, -0.25) is 14.2 Å². The number of thioether (sulfide) groups is 1. The summed E-state index contributed by atoms with van der Waals surface area (Å²) in [5.74, 6) is -0.0208. The molecule has 2 aromatic heterocycles. The molecule has 4 nitrogen and oxygen atoms in total. The number of carbonyl (C=O) groups excluding carboxylic acids is 1. The second-order valence-corrected chi connectivity index (χ2v) is 8.99. The van der Waals surface area contributed by atoms with Gasteiger partial charge in [0.1, 0.15) is 10.6 Å². The van der Waals surface area contributed by atoms with Gasteiger partial charge in [-0.1, -0.05) is 17.8 Å². The second-order valence-electron chi connectivity index (χ2n) is 6.96. The summed E-state index contributed by atoms with van der Waals surface area (Å²) in [6.07, 6.45) is -0.842. The molecular weight excluding hydrogens is 421 g/mol. The number of hydrogen-bond donors (Lipinski definition) is 0. The molecule has 0 unspecified atom stereocenters. The number of ketones is 1. The minimum Gasteiger partial charge on any atom is -0.299 e. The fourth-order valence-electron chi connectivity index (χ4n) is 3.50. The number of Topliss-reactive ketones (excluding diaryl/α,β-unsaturated/α-hetero) is 1. The quantitative estimate of drug-likeness (QED) is 0.424. The molecule has 0 spiro atoms. The minimum atomic E-state index is -4.52. The summed E-state index contributed by atoms with van der Waals surface area (Å²) in [6, 6.07) is 4.65. The van der Waals surface area contributed by atoms with Gasteiger partial charge in [-0.05, 0) is 56.4 Å². The van der Waals surface area contributed by atoms with Crippen molar-refractivity contribution in [3.05, 3.63) is 50.6 Å². The first kappa shape index (κ1) is 20.2. The molecule has 152 valence electrons. The molecule has 1 aliphatic carbocycles. The fraction of sp³-hybridized carbons (Fsp3) is 0.350. The zero-order valence-electron chi connectivity index (χ0n) is 15.5. The molecule has 0 saturated heterocycles. The van der Waals surface area contributed by atoms with E-state index in [4.69, 9.17) is 0 Å². The maximum atomic E-state index is 13.4. The smallest absolute Gasteiger partial charge is 0.299 e. The SMILES string of the molecule is CC(=O)CSc1nc2sc3c(c2c(=O)n1-c1cccc(C(F)(F)F)c1)CCCC3. The number of halogens is 3. The van der Waals surface area contributed by atoms with Crippen LogP contribution in [0.5, 0.6) is 0 Å². The van der Waals surface area contributed by atoms with E-state index in [1.165, 1.54) is 35.0 Å². The first-order valence-electron chi connectivity index (χ1n) is 9.13. The number of carbonyl (C=O) groups is 1. The third-order valence-corrected chi connectivity index (χ3v) is 7.06. The maximum absolute atomic E-state index is 13.4. The average molecular weight is 438 g/mol. The molecule has 0 bridgehead atoms. The van der Waals surface area contributed by atoms with E-state index >= 15 is 0 Å². The molecule has 0 amide bonds. The van der Waals surface area contributed by atoms with Crippen molar-refractivity contribution in [2.75, 3.05) is 5.75 Å². The third-order valence-electron chi connectivity index (χ3n) is 4.79. The van der Waals surface area contributed by atoms with Crippen molar-refractivity contribution in [2.45, 2.75) is 43.9 Å². The molecule has 29 heavy (non-hydrogen) atoms. The molecule has 0 aliphatic heterocycles. The maximum Gasteiger partial charge on any atom is 0.416 e. The van der Waals surface area contributed by atoms with Crippen LogP contribution in [-0.4, -0.2) is 21.1 Å². The molecule has 9 heteroatoms. The molecule has 0 N–H and O–H groups in total. The Morgan fingerprint density at radius 2 is 2.03 bits per heavy atom. The van der Waals surface area contributed by atoms with Crippen LogP contribution in [-0.2, 0) is 23.8 Å². The number of nitrogens with zero attached hydrogens (tertiary/aromatic N) is 2. The Bertz CT molecular complexity index is 1160. The van der Waals surface area contributed by atoms with Crippen molar-refractivity contribution in [1.82, 2.24) is 9.55 Å². The minimum absolute atomic E-state index is 0.0853. The van der Waals surface area contributed by atoms with Gasteiger partial charge in [0.25, 0.3) is 5.56 Å². The lowest BCUT2D eigenvalue weighted by Gasteiger charge is -2.15. The second kappa shape index (κ2) is 7.60. The highest BCUT2D eigenvalue weighted by Gasteiger charge is 2.31. The molecule has 0 radical (unpaired) electrons. The van der Waals surface area contributed by atoms with E-state index in [1.807, 2.05) is 0 Å². The van der Waals surface area contributed by atoms with Crippen LogP contribution in [0.3, 0.4) is 0 Å². The number of aryl methyl sites for hydroxylation is 2. The van der Waals surface area contributed by atoms with E-state index in [-0.39, 0.29) is 27.9 Å². The van der Waals surface area contributed by atoms with E-state index in [2.05, 4.69) is 4.98 Å². The summed E-state index contributed by atoms with van der Waals surface area (Å²) < 4.78 is 40.9. The van der Waals surface area contributed by atoms with Gasteiger partial charge in [0.15, 0.2) is 5.16 Å². The molecule has 1 aromatic carbocycles. The Balaban J connectivity index is 1.97. The van der Waals surface area contributed by atoms with Gasteiger partial charge in [-0.15, -0.1) is 11.3 Å². The number of benzene rings is 1. The normalized spacial score (nSPS) is 14.2. The van der Waals surface area contributed by atoms with Crippen LogP contribution in [0.2, 0.25) is 0 Å². The largest absolute Gasteiger partial charge is 0.416 e. The number of thiophene rings is 1. The number of aromatic nitrogens is 2. The van der Waals surface area contributed by atoms with Crippen molar-refractivity contribution in [1.29, 1.82) is 0 Å². The lowest BCUT2D eigenvalue weighted by atomic mass is 9.97. The van der Waals surface area contributed by atoms with Crippen LogP contribution >= 0.6 is 23.1 Å². The molecular formula is C20H17F3N2O2S2. The van der Waals surface area contributed by atoms with Gasteiger partial charge in [-0.2, -0.15) is 13.2 Å². The molecule has 4 rings (SSSR count). The molecule has 0 fully saturated rings. The van der Waals surface area contributed by atoms with Crippen molar-refractivity contribution in [3.8, 4) is 5.69 Å². The van der Waals surface area contributed by atoms with Gasteiger partial charge in [0, 0.05) is 4.88 Å². The van der Waals surface area contributed by atoms with Gasteiger partial charge >= 0.3 is 6.18 Å². The molecule has 3 aromatic rings. The number of fused-ring (bicyclic) bond motifs is 3. The van der Waals surface area contributed by atoms with Crippen LogP contribution in [0.25, 0.3) is 15.9 Å². The Morgan fingerprint density at radius 3 is 2.76 bits per heavy atom. The zero-order chi connectivity index (χ0) is 20.8. The van der Waals surface area contributed by atoms with Crippen LogP contribution in [0, 0.1) is 0 Å². The molecule has 2 heterocycles. The number of rotatable bonds is 4. The van der Waals surface area contributed by atoms with E-state index < -0.39 is 11.7 Å². The van der Waals surface area contributed by atoms with Crippen molar-refractivity contribution >= 4 is 39.1 Å². The van der Waals surface area contributed by atoms with Crippen molar-refractivity contribution in [2.24, 2.45) is 0 Å². The molecule has 0 saturated carbocycles. The first-order chi connectivity index (χ1) is 13.8. The van der Waals surface area contributed by atoms with Crippen LogP contribution in [0.1, 0.15) is 35.8 Å². The zero-order valence-corrected chi connectivity index (χ0v) is 17.1.